The van der Waals surface area contributed by atoms with Crippen molar-refractivity contribution in [1.82, 2.24) is 4.90 Å². The molecular formula is C21H26BrNO2. The molecule has 2 aromatic rings. The predicted octanol–water partition coefficient (Wildman–Crippen LogP) is 4.07. The van der Waals surface area contributed by atoms with Crippen LogP contribution in [0.15, 0.2) is 53.0 Å². The maximum atomic E-state index is 9.74. The molecule has 0 aromatic heterocycles. The van der Waals surface area contributed by atoms with Gasteiger partial charge in [0.15, 0.2) is 0 Å². The van der Waals surface area contributed by atoms with E-state index in [9.17, 15) is 5.11 Å². The fourth-order valence-electron chi connectivity index (χ4n) is 3.52. The number of aryl methyl sites for hydroxylation is 2. The van der Waals surface area contributed by atoms with E-state index in [2.05, 4.69) is 70.3 Å². The second kappa shape index (κ2) is 8.84. The Hall–Kier alpha value is -1.36. The molecule has 2 aromatic carbocycles. The van der Waals surface area contributed by atoms with Gasteiger partial charge in [-0.05, 0) is 62.1 Å². The van der Waals surface area contributed by atoms with Gasteiger partial charge in [-0.2, -0.15) is 0 Å². The van der Waals surface area contributed by atoms with Gasteiger partial charge in [-0.25, -0.2) is 0 Å². The molecule has 1 heterocycles. The summed E-state index contributed by atoms with van der Waals surface area (Å²) in [6, 6.07) is 17.2. The van der Waals surface area contributed by atoms with Gasteiger partial charge in [-0.3, -0.25) is 0 Å². The van der Waals surface area contributed by atoms with Crippen LogP contribution in [0.2, 0.25) is 0 Å². The smallest absolute Gasteiger partial charge is 0.122 e. The molecule has 1 aliphatic heterocycles. The van der Waals surface area contributed by atoms with E-state index in [1.165, 1.54) is 11.1 Å². The van der Waals surface area contributed by atoms with E-state index >= 15 is 0 Å². The Kier molecular flexibility index (Phi) is 6.51. The Morgan fingerprint density at radius 2 is 2.00 bits per heavy atom. The monoisotopic (exact) mass is 403 g/mol. The van der Waals surface area contributed by atoms with Crippen LogP contribution in [-0.2, 0) is 12.8 Å². The molecular weight excluding hydrogens is 378 g/mol. The zero-order valence-corrected chi connectivity index (χ0v) is 16.3. The summed E-state index contributed by atoms with van der Waals surface area (Å²) in [7, 11) is 2.08. The van der Waals surface area contributed by atoms with Crippen molar-refractivity contribution >= 4 is 15.9 Å². The first-order valence-electron chi connectivity index (χ1n) is 8.95. The third-order valence-corrected chi connectivity index (χ3v) is 5.41. The van der Waals surface area contributed by atoms with Crippen LogP contribution >= 0.6 is 15.9 Å². The molecule has 2 unspecified atom stereocenters. The topological polar surface area (TPSA) is 32.7 Å². The normalized spacial score (nSPS) is 20.8. The lowest BCUT2D eigenvalue weighted by Gasteiger charge is -2.19. The fraction of sp³-hybridized carbons (Fsp3) is 0.429. The molecule has 134 valence electrons. The van der Waals surface area contributed by atoms with Crippen LogP contribution in [0, 0.1) is 0 Å². The van der Waals surface area contributed by atoms with Crippen molar-refractivity contribution in [3.05, 3.63) is 64.1 Å². The first-order valence-corrected chi connectivity index (χ1v) is 9.74. The van der Waals surface area contributed by atoms with Crippen molar-refractivity contribution in [2.45, 2.75) is 37.8 Å². The molecule has 1 fully saturated rings. The van der Waals surface area contributed by atoms with Gasteiger partial charge >= 0.3 is 0 Å². The third-order valence-electron chi connectivity index (χ3n) is 4.92. The van der Waals surface area contributed by atoms with E-state index in [1.807, 2.05) is 6.07 Å². The van der Waals surface area contributed by atoms with Crippen molar-refractivity contribution < 1.29 is 9.84 Å². The summed E-state index contributed by atoms with van der Waals surface area (Å²) < 4.78 is 7.20. The average molecular weight is 404 g/mol. The highest BCUT2D eigenvalue weighted by Crippen LogP contribution is 2.23. The average Bonchev–Trinajstić information content (AvgIpc) is 2.91. The van der Waals surface area contributed by atoms with Gasteiger partial charge in [0, 0.05) is 17.1 Å². The first kappa shape index (κ1) is 18.4. The van der Waals surface area contributed by atoms with E-state index < -0.39 is 0 Å². The number of ether oxygens (including phenoxy) is 1. The summed E-state index contributed by atoms with van der Waals surface area (Å²) in [5.41, 5.74) is 2.58. The molecule has 0 bridgehead atoms. The third kappa shape index (κ3) is 5.30. The number of halogens is 1. The number of rotatable bonds is 7. The van der Waals surface area contributed by atoms with Crippen LogP contribution in [0.3, 0.4) is 0 Å². The van der Waals surface area contributed by atoms with E-state index in [-0.39, 0.29) is 6.10 Å². The maximum Gasteiger partial charge on any atom is 0.122 e. The number of hydrogen-bond acceptors (Lipinski definition) is 3. The SMILES string of the molecule is CN1CC(O)CC1CCOc1ccccc1CCc1cccc(Br)c1. The summed E-state index contributed by atoms with van der Waals surface area (Å²) in [5, 5.41) is 9.74. The summed E-state index contributed by atoms with van der Waals surface area (Å²) in [6.45, 7) is 1.46. The van der Waals surface area contributed by atoms with Crippen molar-refractivity contribution in [3.63, 3.8) is 0 Å². The molecule has 1 aliphatic rings. The molecule has 0 aliphatic carbocycles. The molecule has 0 spiro atoms. The number of β-amino-alcohol motifs (C(OH)–C–C–N with tert-alkyl or cyclic N) is 1. The summed E-state index contributed by atoms with van der Waals surface area (Å²) in [5.74, 6) is 0.985. The summed E-state index contributed by atoms with van der Waals surface area (Å²) in [4.78, 5) is 2.23. The van der Waals surface area contributed by atoms with Gasteiger partial charge in [0.25, 0.3) is 0 Å². The highest BCUT2D eigenvalue weighted by atomic mass is 79.9. The molecule has 1 N–H and O–H groups in total. The van der Waals surface area contributed by atoms with Crippen LogP contribution in [0.5, 0.6) is 5.75 Å². The van der Waals surface area contributed by atoms with Crippen LogP contribution < -0.4 is 4.74 Å². The summed E-state index contributed by atoms with van der Waals surface area (Å²) in [6.07, 6.45) is 3.58. The second-order valence-electron chi connectivity index (χ2n) is 6.86. The van der Waals surface area contributed by atoms with Crippen molar-refractivity contribution in [2.75, 3.05) is 20.2 Å². The number of likely N-dealkylation sites (tertiary alicyclic amines) is 1. The quantitative estimate of drug-likeness (QED) is 0.755. The van der Waals surface area contributed by atoms with Crippen LogP contribution in [-0.4, -0.2) is 42.4 Å². The van der Waals surface area contributed by atoms with Crippen LogP contribution in [0.4, 0.5) is 0 Å². The number of para-hydroxylation sites is 1. The Morgan fingerprint density at radius 1 is 1.16 bits per heavy atom. The molecule has 0 amide bonds. The number of aliphatic hydroxyl groups excluding tert-OH is 1. The Balaban J connectivity index is 1.54. The maximum absolute atomic E-state index is 9.74. The highest BCUT2D eigenvalue weighted by molar-refractivity contribution is 9.10. The molecule has 0 saturated carbocycles. The molecule has 25 heavy (non-hydrogen) atoms. The zero-order valence-electron chi connectivity index (χ0n) is 14.7. The minimum atomic E-state index is -0.188. The lowest BCUT2D eigenvalue weighted by Crippen LogP contribution is -2.26. The van der Waals surface area contributed by atoms with Gasteiger partial charge in [-0.15, -0.1) is 0 Å². The first-order chi connectivity index (χ1) is 12.1. The van der Waals surface area contributed by atoms with Crippen molar-refractivity contribution in [2.24, 2.45) is 0 Å². The molecule has 3 nitrogen and oxygen atoms in total. The Bertz CT molecular complexity index is 691. The second-order valence-corrected chi connectivity index (χ2v) is 7.77. The van der Waals surface area contributed by atoms with Gasteiger partial charge in [-0.1, -0.05) is 46.3 Å². The molecule has 3 rings (SSSR count). The number of benzene rings is 2. The molecule has 0 radical (unpaired) electrons. The number of likely N-dealkylation sites (N-methyl/N-ethyl adjacent to an activating group) is 1. The number of hydrogen-bond donors (Lipinski definition) is 1. The molecule has 1 saturated heterocycles. The van der Waals surface area contributed by atoms with Gasteiger partial charge in [0.2, 0.25) is 0 Å². The van der Waals surface area contributed by atoms with E-state index in [0.717, 1.165) is 42.5 Å². The van der Waals surface area contributed by atoms with Crippen molar-refractivity contribution in [1.29, 1.82) is 0 Å². The Morgan fingerprint density at radius 3 is 2.76 bits per heavy atom. The lowest BCUT2D eigenvalue weighted by atomic mass is 10.0. The predicted molar refractivity (Wildman–Crippen MR) is 105 cm³/mol. The fourth-order valence-corrected chi connectivity index (χ4v) is 3.96. The summed E-state index contributed by atoms with van der Waals surface area (Å²) >= 11 is 3.53. The molecule has 2 atom stereocenters. The van der Waals surface area contributed by atoms with E-state index in [4.69, 9.17) is 4.74 Å². The van der Waals surface area contributed by atoms with Gasteiger partial charge < -0.3 is 14.7 Å². The van der Waals surface area contributed by atoms with Crippen LogP contribution in [0.25, 0.3) is 0 Å². The minimum Gasteiger partial charge on any atom is -0.493 e. The zero-order chi connectivity index (χ0) is 17.6. The van der Waals surface area contributed by atoms with E-state index in [0.29, 0.717) is 12.6 Å². The standard InChI is InChI=1S/C21H26BrNO2/c1-23-15-20(24)14-19(23)11-12-25-21-8-3-2-6-17(21)10-9-16-5-4-7-18(22)13-16/h2-8,13,19-20,24H,9-12,14-15H2,1H3. The number of aliphatic hydroxyl groups is 1. The minimum absolute atomic E-state index is 0.188. The highest BCUT2D eigenvalue weighted by Gasteiger charge is 2.27. The lowest BCUT2D eigenvalue weighted by molar-refractivity contribution is 0.182. The van der Waals surface area contributed by atoms with E-state index in [1.54, 1.807) is 0 Å². The number of nitrogens with zero attached hydrogens (tertiary/aromatic N) is 1. The van der Waals surface area contributed by atoms with Gasteiger partial charge in [0.1, 0.15) is 5.75 Å². The largest absolute Gasteiger partial charge is 0.493 e. The van der Waals surface area contributed by atoms with Crippen molar-refractivity contribution in [3.8, 4) is 5.75 Å². The van der Waals surface area contributed by atoms with Crippen LogP contribution in [0.1, 0.15) is 24.0 Å². The Labute approximate surface area is 158 Å². The van der Waals surface area contributed by atoms with Gasteiger partial charge in [0.05, 0.1) is 12.7 Å². The molecule has 4 heteroatoms.